The van der Waals surface area contributed by atoms with E-state index in [0.717, 1.165) is 47.1 Å². The normalized spacial score (nSPS) is 13.5. The minimum atomic E-state index is -1.21. The lowest BCUT2D eigenvalue weighted by atomic mass is 10.0. The van der Waals surface area contributed by atoms with Gasteiger partial charge in [0.15, 0.2) is 11.6 Å². The van der Waals surface area contributed by atoms with Crippen molar-refractivity contribution < 1.29 is 13.2 Å². The molecule has 4 aromatic rings. The number of rotatable bonds is 2. The molecule has 2 aromatic carbocycles. The average molecular weight is 371 g/mol. The van der Waals surface area contributed by atoms with Gasteiger partial charge in [0.05, 0.1) is 27.1 Å². The second kappa shape index (κ2) is 5.67. The van der Waals surface area contributed by atoms with Gasteiger partial charge in [0, 0.05) is 30.2 Å². The van der Waals surface area contributed by atoms with Crippen LogP contribution >= 0.6 is 11.3 Å². The van der Waals surface area contributed by atoms with Crippen LogP contribution in [0.3, 0.4) is 0 Å². The first-order valence-corrected chi connectivity index (χ1v) is 9.08. The summed E-state index contributed by atoms with van der Waals surface area (Å²) in [4.78, 5) is 8.79. The van der Waals surface area contributed by atoms with Crippen molar-refractivity contribution in [2.24, 2.45) is 0 Å². The number of fused-ring (bicyclic) bond motifs is 2. The van der Waals surface area contributed by atoms with Gasteiger partial charge in [0.1, 0.15) is 11.6 Å². The molecule has 26 heavy (non-hydrogen) atoms. The number of halogens is 3. The summed E-state index contributed by atoms with van der Waals surface area (Å²) in [5.41, 5.74) is 4.29. The summed E-state index contributed by atoms with van der Waals surface area (Å²) in [5, 5.41) is 0. The number of imidazole rings is 1. The van der Waals surface area contributed by atoms with E-state index in [-0.39, 0.29) is 11.3 Å². The fourth-order valence-electron chi connectivity index (χ4n) is 3.54. The third-order valence-electron chi connectivity index (χ3n) is 4.68. The highest BCUT2D eigenvalue weighted by atomic mass is 32.1. The van der Waals surface area contributed by atoms with Crippen molar-refractivity contribution in [3.05, 3.63) is 59.1 Å². The molecule has 1 aliphatic heterocycles. The lowest BCUT2D eigenvalue weighted by Gasteiger charge is -2.10. The lowest BCUT2D eigenvalue weighted by molar-refractivity contribution is 0.497. The van der Waals surface area contributed by atoms with Gasteiger partial charge in [-0.2, -0.15) is 0 Å². The quantitative estimate of drug-likeness (QED) is 0.454. The summed E-state index contributed by atoms with van der Waals surface area (Å²) in [7, 11) is 0. The molecule has 2 aromatic heterocycles. The van der Waals surface area contributed by atoms with E-state index >= 15 is 0 Å². The van der Waals surface area contributed by atoms with Crippen LogP contribution in [0.1, 0.15) is 12.2 Å². The Morgan fingerprint density at radius 2 is 1.96 bits per heavy atom. The standard InChI is InChI=1S/C19H12F3N3S/c20-11-7-12(17(22)13(21)8-11)18-19(25-5-1-2-16(25)24-18)10-3-4-14-15(6-10)26-9-23-14/h3-4,6-9H,1-2,5H2. The Bertz CT molecular complexity index is 1160. The Morgan fingerprint density at radius 3 is 2.85 bits per heavy atom. The molecular formula is C19H12F3N3S. The molecule has 0 saturated carbocycles. The molecule has 0 amide bonds. The van der Waals surface area contributed by atoms with Gasteiger partial charge in [-0.15, -0.1) is 11.3 Å². The van der Waals surface area contributed by atoms with Gasteiger partial charge in [-0.05, 0) is 24.6 Å². The van der Waals surface area contributed by atoms with Crippen molar-refractivity contribution in [1.82, 2.24) is 14.5 Å². The van der Waals surface area contributed by atoms with Crippen molar-refractivity contribution >= 4 is 21.6 Å². The van der Waals surface area contributed by atoms with Gasteiger partial charge in [-0.1, -0.05) is 6.07 Å². The number of hydrogen-bond acceptors (Lipinski definition) is 3. The van der Waals surface area contributed by atoms with E-state index in [0.29, 0.717) is 11.8 Å². The Labute approximate surface area is 150 Å². The third kappa shape index (κ3) is 2.27. The van der Waals surface area contributed by atoms with Crippen LogP contribution in [0.4, 0.5) is 13.2 Å². The maximum atomic E-state index is 14.4. The van der Waals surface area contributed by atoms with Crippen LogP contribution in [0.15, 0.2) is 35.8 Å². The minimum absolute atomic E-state index is 0.149. The Hall–Kier alpha value is -2.67. The Balaban J connectivity index is 1.80. The molecule has 0 spiro atoms. The number of aryl methyl sites for hydroxylation is 1. The van der Waals surface area contributed by atoms with E-state index in [1.165, 1.54) is 11.3 Å². The van der Waals surface area contributed by atoms with E-state index in [4.69, 9.17) is 0 Å². The third-order valence-corrected chi connectivity index (χ3v) is 5.47. The smallest absolute Gasteiger partial charge is 0.168 e. The van der Waals surface area contributed by atoms with Crippen LogP contribution in [0.25, 0.3) is 32.7 Å². The molecule has 130 valence electrons. The second-order valence-electron chi connectivity index (χ2n) is 6.26. The predicted molar refractivity (Wildman–Crippen MR) is 94.5 cm³/mol. The number of aromatic nitrogens is 3. The van der Waals surface area contributed by atoms with Crippen molar-refractivity contribution in [1.29, 1.82) is 0 Å². The zero-order chi connectivity index (χ0) is 17.8. The Kier molecular flexibility index (Phi) is 3.40. The van der Waals surface area contributed by atoms with Gasteiger partial charge in [0.2, 0.25) is 0 Å². The molecule has 0 atom stereocenters. The topological polar surface area (TPSA) is 30.7 Å². The van der Waals surface area contributed by atoms with Crippen molar-refractivity contribution in [3.8, 4) is 22.5 Å². The first-order chi connectivity index (χ1) is 12.6. The molecule has 0 fully saturated rings. The van der Waals surface area contributed by atoms with E-state index < -0.39 is 17.5 Å². The highest BCUT2D eigenvalue weighted by molar-refractivity contribution is 7.16. The van der Waals surface area contributed by atoms with E-state index in [1.54, 1.807) is 5.51 Å². The van der Waals surface area contributed by atoms with Crippen LogP contribution in [0.5, 0.6) is 0 Å². The average Bonchev–Trinajstić information content (AvgIpc) is 3.32. The van der Waals surface area contributed by atoms with Gasteiger partial charge >= 0.3 is 0 Å². The maximum Gasteiger partial charge on any atom is 0.168 e. The van der Waals surface area contributed by atoms with Crippen LogP contribution in [-0.2, 0) is 13.0 Å². The monoisotopic (exact) mass is 371 g/mol. The summed E-state index contributed by atoms with van der Waals surface area (Å²) in [6.07, 6.45) is 1.70. The van der Waals surface area contributed by atoms with Crippen LogP contribution in [-0.4, -0.2) is 14.5 Å². The fourth-order valence-corrected chi connectivity index (χ4v) is 4.25. The van der Waals surface area contributed by atoms with Crippen LogP contribution in [0.2, 0.25) is 0 Å². The Morgan fingerprint density at radius 1 is 1.08 bits per heavy atom. The fraction of sp³-hybridized carbons (Fsp3) is 0.158. The van der Waals surface area contributed by atoms with Crippen molar-refractivity contribution in [2.75, 3.05) is 0 Å². The number of thiazole rings is 1. The van der Waals surface area contributed by atoms with Gasteiger partial charge in [-0.25, -0.2) is 23.1 Å². The SMILES string of the molecule is Fc1cc(F)c(F)c(-c2nc3n(c2-c2ccc4ncsc4c2)CCC3)c1. The zero-order valence-electron chi connectivity index (χ0n) is 13.5. The molecule has 0 radical (unpaired) electrons. The molecule has 0 saturated heterocycles. The molecule has 0 aliphatic carbocycles. The van der Waals surface area contributed by atoms with Gasteiger partial charge in [-0.3, -0.25) is 0 Å². The van der Waals surface area contributed by atoms with Crippen LogP contribution < -0.4 is 0 Å². The highest BCUT2D eigenvalue weighted by Gasteiger charge is 2.26. The lowest BCUT2D eigenvalue weighted by Crippen LogP contribution is -1.98. The van der Waals surface area contributed by atoms with E-state index in [2.05, 4.69) is 9.97 Å². The number of hydrogen-bond donors (Lipinski definition) is 0. The van der Waals surface area contributed by atoms with E-state index in [1.807, 2.05) is 22.8 Å². The summed E-state index contributed by atoms with van der Waals surface area (Å²) in [6.45, 7) is 0.748. The van der Waals surface area contributed by atoms with Crippen LogP contribution in [0, 0.1) is 17.5 Å². The first kappa shape index (κ1) is 15.6. The molecule has 1 aliphatic rings. The van der Waals surface area contributed by atoms with Gasteiger partial charge in [0.25, 0.3) is 0 Å². The summed E-state index contributed by atoms with van der Waals surface area (Å²) < 4.78 is 45.0. The first-order valence-electron chi connectivity index (χ1n) is 8.20. The molecule has 7 heteroatoms. The van der Waals surface area contributed by atoms with Gasteiger partial charge < -0.3 is 4.57 Å². The van der Waals surface area contributed by atoms with E-state index in [9.17, 15) is 13.2 Å². The summed E-state index contributed by atoms with van der Waals surface area (Å²) in [6, 6.07) is 7.30. The molecule has 0 unspecified atom stereocenters. The highest BCUT2D eigenvalue weighted by Crippen LogP contribution is 2.38. The summed E-state index contributed by atoms with van der Waals surface area (Å²) >= 11 is 1.51. The minimum Gasteiger partial charge on any atom is -0.327 e. The zero-order valence-corrected chi connectivity index (χ0v) is 14.3. The predicted octanol–water partition coefficient (Wildman–Crippen LogP) is 5.19. The molecule has 0 bridgehead atoms. The summed E-state index contributed by atoms with van der Waals surface area (Å²) in [5.74, 6) is -2.31. The molecule has 3 heterocycles. The second-order valence-corrected chi connectivity index (χ2v) is 7.15. The largest absolute Gasteiger partial charge is 0.327 e. The van der Waals surface area contributed by atoms with Crippen molar-refractivity contribution in [3.63, 3.8) is 0 Å². The maximum absolute atomic E-state index is 14.4. The van der Waals surface area contributed by atoms with Crippen molar-refractivity contribution in [2.45, 2.75) is 19.4 Å². The number of nitrogens with zero attached hydrogens (tertiary/aromatic N) is 3. The molecule has 5 rings (SSSR count). The molecule has 0 N–H and O–H groups in total. The number of benzene rings is 2. The molecule has 3 nitrogen and oxygen atoms in total. The molecular weight excluding hydrogens is 359 g/mol.